The minimum Gasteiger partial charge on any atom is -0.494 e. The zero-order valence-corrected chi connectivity index (χ0v) is 15.9. The van der Waals surface area contributed by atoms with Crippen LogP contribution in [0.5, 0.6) is 5.75 Å². The Hall–Kier alpha value is -2.96. The first-order chi connectivity index (χ1) is 13.6. The van der Waals surface area contributed by atoms with Crippen LogP contribution >= 0.6 is 0 Å². The molecule has 0 spiro atoms. The van der Waals surface area contributed by atoms with E-state index < -0.39 is 5.82 Å². The van der Waals surface area contributed by atoms with Crippen LogP contribution in [-0.2, 0) is 11.2 Å². The van der Waals surface area contributed by atoms with Crippen molar-refractivity contribution in [1.29, 1.82) is 0 Å². The van der Waals surface area contributed by atoms with Gasteiger partial charge in [0.25, 0.3) is 5.91 Å². The third-order valence-electron chi connectivity index (χ3n) is 4.94. The van der Waals surface area contributed by atoms with Gasteiger partial charge in [0, 0.05) is 37.6 Å². The van der Waals surface area contributed by atoms with Gasteiger partial charge in [-0.15, -0.1) is 0 Å². The number of rotatable bonds is 6. The van der Waals surface area contributed by atoms with Crippen LogP contribution in [0.2, 0.25) is 0 Å². The quantitative estimate of drug-likeness (QED) is 0.829. The second kappa shape index (κ2) is 9.30. The Balaban J connectivity index is 1.50. The highest BCUT2D eigenvalue weighted by atomic mass is 19.1. The largest absolute Gasteiger partial charge is 0.494 e. The Labute approximate surface area is 163 Å². The van der Waals surface area contributed by atoms with Crippen molar-refractivity contribution in [3.8, 4) is 5.75 Å². The van der Waals surface area contributed by atoms with Crippen molar-refractivity contribution in [3.05, 3.63) is 59.7 Å². The monoisotopic (exact) mass is 385 g/mol. The van der Waals surface area contributed by atoms with Gasteiger partial charge in [0.2, 0.25) is 5.91 Å². The van der Waals surface area contributed by atoms with E-state index in [1.807, 2.05) is 0 Å². The lowest BCUT2D eigenvalue weighted by Crippen LogP contribution is -2.45. The fourth-order valence-electron chi connectivity index (χ4n) is 3.39. The Bertz CT molecular complexity index is 829. The number of aromatic nitrogens is 1. The van der Waals surface area contributed by atoms with Gasteiger partial charge in [-0.2, -0.15) is 0 Å². The van der Waals surface area contributed by atoms with Gasteiger partial charge in [0.1, 0.15) is 0 Å². The number of piperidine rings is 1. The lowest BCUT2D eigenvalue weighted by atomic mass is 9.96. The van der Waals surface area contributed by atoms with E-state index in [2.05, 4.69) is 10.3 Å². The molecule has 0 bridgehead atoms. The molecule has 2 aromatic rings. The average molecular weight is 385 g/mol. The first-order valence-corrected chi connectivity index (χ1v) is 9.38. The summed E-state index contributed by atoms with van der Waals surface area (Å²) in [5.74, 6) is -0.584. The molecular weight excluding hydrogens is 361 g/mol. The highest BCUT2D eigenvalue weighted by molar-refractivity contribution is 5.94. The molecule has 1 saturated heterocycles. The first-order valence-electron chi connectivity index (χ1n) is 9.38. The highest BCUT2D eigenvalue weighted by Crippen LogP contribution is 2.20. The molecule has 3 rings (SSSR count). The topological polar surface area (TPSA) is 71.5 Å². The predicted octanol–water partition coefficient (Wildman–Crippen LogP) is 2.44. The molecule has 0 radical (unpaired) electrons. The van der Waals surface area contributed by atoms with Gasteiger partial charge < -0.3 is 15.0 Å². The van der Waals surface area contributed by atoms with E-state index in [1.165, 1.54) is 13.2 Å². The molecule has 1 fully saturated rings. The van der Waals surface area contributed by atoms with Gasteiger partial charge in [-0.05, 0) is 49.1 Å². The third kappa shape index (κ3) is 4.85. The molecule has 1 aliphatic heterocycles. The van der Waals surface area contributed by atoms with E-state index in [9.17, 15) is 14.0 Å². The number of hydrogen-bond acceptors (Lipinski definition) is 4. The van der Waals surface area contributed by atoms with Crippen molar-refractivity contribution in [2.24, 2.45) is 5.92 Å². The number of carbonyl (C=O) groups excluding carboxylic acids is 2. The van der Waals surface area contributed by atoms with Crippen molar-refractivity contribution in [1.82, 2.24) is 15.2 Å². The molecule has 1 aromatic carbocycles. The molecule has 1 N–H and O–H groups in total. The number of methoxy groups -OCH3 is 1. The van der Waals surface area contributed by atoms with Gasteiger partial charge in [-0.1, -0.05) is 6.07 Å². The summed E-state index contributed by atoms with van der Waals surface area (Å²) < 4.78 is 18.6. The Kier molecular flexibility index (Phi) is 6.57. The SMILES string of the molecule is COc1ccc(CCNC(=O)C2CCCN(C(=O)c3ccncc3)C2)cc1F. The Morgan fingerprint density at radius 3 is 2.79 bits per heavy atom. The van der Waals surface area contributed by atoms with Crippen molar-refractivity contribution >= 4 is 11.8 Å². The lowest BCUT2D eigenvalue weighted by molar-refractivity contribution is -0.126. The number of hydrogen-bond donors (Lipinski definition) is 1. The summed E-state index contributed by atoms with van der Waals surface area (Å²) >= 11 is 0. The number of halogens is 1. The Morgan fingerprint density at radius 2 is 2.07 bits per heavy atom. The third-order valence-corrected chi connectivity index (χ3v) is 4.94. The predicted molar refractivity (Wildman–Crippen MR) is 103 cm³/mol. The van der Waals surface area contributed by atoms with Crippen LogP contribution in [0.15, 0.2) is 42.7 Å². The van der Waals surface area contributed by atoms with E-state index in [0.29, 0.717) is 31.6 Å². The number of ether oxygens (including phenoxy) is 1. The number of carbonyl (C=O) groups is 2. The molecular formula is C21H24FN3O3. The van der Waals surface area contributed by atoms with Crippen LogP contribution in [0.25, 0.3) is 0 Å². The highest BCUT2D eigenvalue weighted by Gasteiger charge is 2.28. The normalized spacial score (nSPS) is 16.5. The molecule has 2 heterocycles. The summed E-state index contributed by atoms with van der Waals surface area (Å²) in [5.41, 5.74) is 1.37. The molecule has 7 heteroatoms. The molecule has 1 atom stereocenters. The minimum atomic E-state index is -0.413. The van der Waals surface area contributed by atoms with Gasteiger partial charge >= 0.3 is 0 Å². The fourth-order valence-corrected chi connectivity index (χ4v) is 3.39. The molecule has 6 nitrogen and oxygen atoms in total. The summed E-state index contributed by atoms with van der Waals surface area (Å²) in [4.78, 5) is 30.7. The first kappa shape index (κ1) is 19.8. The van der Waals surface area contributed by atoms with Crippen LogP contribution in [0.4, 0.5) is 4.39 Å². The second-order valence-electron chi connectivity index (χ2n) is 6.84. The van der Waals surface area contributed by atoms with E-state index >= 15 is 0 Å². The summed E-state index contributed by atoms with van der Waals surface area (Å²) in [5, 5.41) is 2.91. The molecule has 1 unspecified atom stereocenters. The number of pyridine rings is 1. The maximum absolute atomic E-state index is 13.7. The molecule has 0 saturated carbocycles. The van der Waals surface area contributed by atoms with Gasteiger partial charge in [-0.25, -0.2) is 4.39 Å². The minimum absolute atomic E-state index is 0.0683. The molecule has 1 aromatic heterocycles. The smallest absolute Gasteiger partial charge is 0.253 e. The van der Waals surface area contributed by atoms with E-state index in [4.69, 9.17) is 4.74 Å². The van der Waals surface area contributed by atoms with E-state index in [-0.39, 0.29) is 23.5 Å². The van der Waals surface area contributed by atoms with Crippen LogP contribution < -0.4 is 10.1 Å². The standard InChI is InChI=1S/C21H24FN3O3/c1-28-19-5-4-15(13-18(19)22)6-11-24-20(26)17-3-2-12-25(14-17)21(27)16-7-9-23-10-8-16/h4-5,7-10,13,17H,2-3,6,11-12,14H2,1H3,(H,24,26). The summed E-state index contributed by atoms with van der Waals surface area (Å²) in [6.07, 6.45) is 5.24. The summed E-state index contributed by atoms with van der Waals surface area (Å²) in [6, 6.07) is 8.14. The zero-order chi connectivity index (χ0) is 19.9. The average Bonchev–Trinajstić information content (AvgIpc) is 2.74. The number of amides is 2. The lowest BCUT2D eigenvalue weighted by Gasteiger charge is -2.32. The van der Waals surface area contributed by atoms with Gasteiger partial charge in [-0.3, -0.25) is 14.6 Å². The van der Waals surface area contributed by atoms with Crippen molar-refractivity contribution < 1.29 is 18.7 Å². The summed E-state index contributed by atoms with van der Waals surface area (Å²) in [7, 11) is 1.42. The van der Waals surface area contributed by atoms with Crippen molar-refractivity contribution in [2.75, 3.05) is 26.7 Å². The molecule has 0 aliphatic carbocycles. The van der Waals surface area contributed by atoms with E-state index in [0.717, 1.165) is 18.4 Å². The van der Waals surface area contributed by atoms with E-state index in [1.54, 1.807) is 41.6 Å². The van der Waals surface area contributed by atoms with Gasteiger partial charge in [0.15, 0.2) is 11.6 Å². The number of likely N-dealkylation sites (tertiary alicyclic amines) is 1. The molecule has 28 heavy (non-hydrogen) atoms. The number of nitrogens with one attached hydrogen (secondary N) is 1. The Morgan fingerprint density at radius 1 is 1.29 bits per heavy atom. The zero-order valence-electron chi connectivity index (χ0n) is 15.9. The summed E-state index contributed by atoms with van der Waals surface area (Å²) in [6.45, 7) is 1.47. The fraction of sp³-hybridized carbons (Fsp3) is 0.381. The maximum Gasteiger partial charge on any atom is 0.253 e. The maximum atomic E-state index is 13.7. The number of benzene rings is 1. The van der Waals surface area contributed by atoms with Gasteiger partial charge in [0.05, 0.1) is 13.0 Å². The molecule has 2 amide bonds. The number of nitrogens with zero attached hydrogens (tertiary/aromatic N) is 2. The van der Waals surface area contributed by atoms with Crippen LogP contribution in [0.3, 0.4) is 0 Å². The molecule has 148 valence electrons. The van der Waals surface area contributed by atoms with Crippen LogP contribution in [-0.4, -0.2) is 48.4 Å². The van der Waals surface area contributed by atoms with Crippen molar-refractivity contribution in [2.45, 2.75) is 19.3 Å². The second-order valence-corrected chi connectivity index (χ2v) is 6.84. The van der Waals surface area contributed by atoms with Crippen LogP contribution in [0.1, 0.15) is 28.8 Å². The van der Waals surface area contributed by atoms with Crippen LogP contribution in [0, 0.1) is 11.7 Å². The molecule has 1 aliphatic rings. The van der Waals surface area contributed by atoms with Crippen molar-refractivity contribution in [3.63, 3.8) is 0 Å².